The highest BCUT2D eigenvalue weighted by molar-refractivity contribution is 5.98. The summed E-state index contributed by atoms with van der Waals surface area (Å²) in [7, 11) is 3.29. The van der Waals surface area contributed by atoms with Gasteiger partial charge in [-0.05, 0) is 12.1 Å². The fraction of sp³-hybridized carbons (Fsp3) is 0.364. The van der Waals surface area contributed by atoms with Crippen molar-refractivity contribution in [3.8, 4) is 0 Å². The molecule has 1 heterocycles. The number of rotatable bonds is 4. The van der Waals surface area contributed by atoms with E-state index in [2.05, 4.69) is 15.6 Å². The van der Waals surface area contributed by atoms with E-state index in [1.807, 2.05) is 0 Å². The van der Waals surface area contributed by atoms with Gasteiger partial charge >= 0.3 is 6.03 Å². The van der Waals surface area contributed by atoms with E-state index >= 15 is 0 Å². The van der Waals surface area contributed by atoms with Gasteiger partial charge in [0.05, 0.1) is 5.56 Å². The maximum absolute atomic E-state index is 11.7. The number of nitrogen functional groups attached to an aromatic ring is 1. The summed E-state index contributed by atoms with van der Waals surface area (Å²) >= 11 is 0. The van der Waals surface area contributed by atoms with E-state index in [-0.39, 0.29) is 17.8 Å². The summed E-state index contributed by atoms with van der Waals surface area (Å²) in [6, 6.07) is 3.03. The van der Waals surface area contributed by atoms with Crippen LogP contribution in [0.15, 0.2) is 18.3 Å². The lowest BCUT2D eigenvalue weighted by molar-refractivity contribution is 0.0954. The van der Waals surface area contributed by atoms with E-state index in [1.165, 1.54) is 11.1 Å². The van der Waals surface area contributed by atoms with E-state index in [0.29, 0.717) is 18.7 Å². The van der Waals surface area contributed by atoms with E-state index in [0.717, 1.165) is 0 Å². The van der Waals surface area contributed by atoms with E-state index in [9.17, 15) is 9.59 Å². The van der Waals surface area contributed by atoms with Crippen molar-refractivity contribution in [2.45, 2.75) is 0 Å². The third-order valence-corrected chi connectivity index (χ3v) is 2.18. The lowest BCUT2D eigenvalue weighted by Gasteiger charge is -2.12. The molecule has 7 heteroatoms. The molecule has 0 atom stereocenters. The molecule has 1 aromatic rings. The van der Waals surface area contributed by atoms with Gasteiger partial charge in [-0.15, -0.1) is 0 Å². The molecule has 0 aliphatic rings. The lowest BCUT2D eigenvalue weighted by atomic mass is 10.2. The summed E-state index contributed by atoms with van der Waals surface area (Å²) in [6.07, 6.45) is 1.52. The molecular formula is C11H17N5O2. The molecule has 0 fully saturated rings. The van der Waals surface area contributed by atoms with Crippen molar-refractivity contribution in [2.24, 2.45) is 0 Å². The van der Waals surface area contributed by atoms with Crippen LogP contribution in [-0.4, -0.2) is 49.0 Å². The number of amides is 3. The molecule has 0 aromatic carbocycles. The molecule has 0 saturated carbocycles. The number of carbonyl (C=O) groups excluding carboxylic acids is 2. The first-order chi connectivity index (χ1) is 8.52. The number of nitrogens with two attached hydrogens (primary N) is 1. The highest BCUT2D eigenvalue weighted by atomic mass is 16.2. The summed E-state index contributed by atoms with van der Waals surface area (Å²) in [4.78, 5) is 28.1. The van der Waals surface area contributed by atoms with Gasteiger partial charge in [0.15, 0.2) is 0 Å². The molecule has 0 saturated heterocycles. The normalized spacial score (nSPS) is 9.67. The van der Waals surface area contributed by atoms with Gasteiger partial charge in [-0.2, -0.15) is 0 Å². The number of nitrogens with one attached hydrogen (secondary N) is 2. The van der Waals surface area contributed by atoms with Gasteiger partial charge in [-0.25, -0.2) is 9.78 Å². The number of pyridine rings is 1. The van der Waals surface area contributed by atoms with Gasteiger partial charge in [0.25, 0.3) is 5.91 Å². The monoisotopic (exact) mass is 251 g/mol. The Balaban J connectivity index is 2.35. The molecule has 0 unspecified atom stereocenters. The van der Waals surface area contributed by atoms with E-state index in [4.69, 9.17) is 5.73 Å². The van der Waals surface area contributed by atoms with Crippen LogP contribution in [0.25, 0.3) is 0 Å². The number of hydrogen-bond acceptors (Lipinski definition) is 4. The molecule has 1 rings (SSSR count). The van der Waals surface area contributed by atoms with Gasteiger partial charge in [0, 0.05) is 33.4 Å². The molecule has 3 amide bonds. The summed E-state index contributed by atoms with van der Waals surface area (Å²) in [5.41, 5.74) is 5.90. The highest BCUT2D eigenvalue weighted by Crippen LogP contribution is 2.05. The number of hydrogen-bond donors (Lipinski definition) is 3. The van der Waals surface area contributed by atoms with Gasteiger partial charge in [-0.3, -0.25) is 4.79 Å². The summed E-state index contributed by atoms with van der Waals surface area (Å²) < 4.78 is 0. The second-order valence-corrected chi connectivity index (χ2v) is 3.82. The Morgan fingerprint density at radius 2 is 2.00 bits per heavy atom. The first-order valence-corrected chi connectivity index (χ1v) is 5.46. The van der Waals surface area contributed by atoms with Crippen molar-refractivity contribution >= 4 is 17.8 Å². The van der Waals surface area contributed by atoms with E-state index < -0.39 is 0 Å². The van der Waals surface area contributed by atoms with Crippen LogP contribution in [0.5, 0.6) is 0 Å². The van der Waals surface area contributed by atoms with Crippen LogP contribution in [0.3, 0.4) is 0 Å². The molecule has 98 valence electrons. The zero-order valence-corrected chi connectivity index (χ0v) is 10.4. The first-order valence-electron chi connectivity index (χ1n) is 5.46. The lowest BCUT2D eigenvalue weighted by Crippen LogP contribution is -2.39. The predicted molar refractivity (Wildman–Crippen MR) is 68.1 cm³/mol. The minimum atomic E-state index is -0.306. The maximum atomic E-state index is 11.7. The van der Waals surface area contributed by atoms with Crippen LogP contribution in [0.2, 0.25) is 0 Å². The smallest absolute Gasteiger partial charge is 0.316 e. The molecule has 0 spiro atoms. The summed E-state index contributed by atoms with van der Waals surface area (Å²) in [5.74, 6) is -0.118. The van der Waals surface area contributed by atoms with Crippen molar-refractivity contribution in [2.75, 3.05) is 32.9 Å². The van der Waals surface area contributed by atoms with Crippen molar-refractivity contribution in [3.05, 3.63) is 23.9 Å². The molecule has 0 aliphatic carbocycles. The molecule has 18 heavy (non-hydrogen) atoms. The Kier molecular flexibility index (Phi) is 4.91. The summed E-state index contributed by atoms with van der Waals surface area (Å²) in [5, 5.41) is 5.27. The zero-order chi connectivity index (χ0) is 13.5. The SMILES string of the molecule is CN(C)C(=O)NCCNC(=O)c1cccnc1N. The van der Waals surface area contributed by atoms with Crippen LogP contribution in [0.4, 0.5) is 10.6 Å². The molecular weight excluding hydrogens is 234 g/mol. The predicted octanol–water partition coefficient (Wildman–Crippen LogP) is -0.335. The Morgan fingerprint density at radius 3 is 2.61 bits per heavy atom. The fourth-order valence-corrected chi connectivity index (χ4v) is 1.21. The Hall–Kier alpha value is -2.31. The third-order valence-electron chi connectivity index (χ3n) is 2.18. The Bertz CT molecular complexity index is 433. The van der Waals surface area contributed by atoms with Gasteiger partial charge < -0.3 is 21.3 Å². The first kappa shape index (κ1) is 13.8. The van der Waals surface area contributed by atoms with Crippen LogP contribution < -0.4 is 16.4 Å². The maximum Gasteiger partial charge on any atom is 0.316 e. The second-order valence-electron chi connectivity index (χ2n) is 3.82. The summed E-state index contributed by atoms with van der Waals surface area (Å²) in [6.45, 7) is 0.676. The molecule has 0 radical (unpaired) electrons. The molecule has 7 nitrogen and oxygen atoms in total. The van der Waals surface area contributed by atoms with Gasteiger partial charge in [0.2, 0.25) is 0 Å². The van der Waals surface area contributed by atoms with Crippen LogP contribution in [0.1, 0.15) is 10.4 Å². The van der Waals surface area contributed by atoms with E-state index in [1.54, 1.807) is 26.2 Å². The molecule has 0 bridgehead atoms. The standard InChI is InChI=1S/C11H17N5O2/c1-16(2)11(18)15-7-6-14-10(17)8-4-3-5-13-9(8)12/h3-5H,6-7H2,1-2H3,(H2,12,13)(H,14,17)(H,15,18). The number of aromatic nitrogens is 1. The van der Waals surface area contributed by atoms with Crippen molar-refractivity contribution in [1.29, 1.82) is 0 Å². The topological polar surface area (TPSA) is 100 Å². The van der Waals surface area contributed by atoms with Crippen molar-refractivity contribution < 1.29 is 9.59 Å². The van der Waals surface area contributed by atoms with Gasteiger partial charge in [-0.1, -0.05) is 0 Å². The largest absolute Gasteiger partial charge is 0.383 e. The quantitative estimate of drug-likeness (QED) is 0.637. The van der Waals surface area contributed by atoms with Crippen molar-refractivity contribution in [1.82, 2.24) is 20.5 Å². The number of urea groups is 1. The molecule has 0 aliphatic heterocycles. The third kappa shape index (κ3) is 3.93. The van der Waals surface area contributed by atoms with Crippen LogP contribution in [-0.2, 0) is 0 Å². The highest BCUT2D eigenvalue weighted by Gasteiger charge is 2.09. The number of anilines is 1. The zero-order valence-electron chi connectivity index (χ0n) is 10.4. The van der Waals surface area contributed by atoms with Gasteiger partial charge in [0.1, 0.15) is 5.82 Å². The van der Waals surface area contributed by atoms with Crippen LogP contribution in [0, 0.1) is 0 Å². The average Bonchev–Trinajstić information content (AvgIpc) is 2.34. The van der Waals surface area contributed by atoms with Crippen LogP contribution >= 0.6 is 0 Å². The Labute approximate surface area is 105 Å². The molecule has 4 N–H and O–H groups in total. The molecule has 1 aromatic heterocycles. The minimum absolute atomic E-state index is 0.187. The second kappa shape index (κ2) is 6.43. The average molecular weight is 251 g/mol. The fourth-order valence-electron chi connectivity index (χ4n) is 1.21. The Morgan fingerprint density at radius 1 is 1.33 bits per heavy atom. The number of carbonyl (C=O) groups is 2. The number of nitrogens with zero attached hydrogens (tertiary/aromatic N) is 2. The van der Waals surface area contributed by atoms with Crippen molar-refractivity contribution in [3.63, 3.8) is 0 Å². The minimum Gasteiger partial charge on any atom is -0.383 e.